The Morgan fingerprint density at radius 3 is 2.11 bits per heavy atom. The first-order chi connectivity index (χ1) is 26.2. The van der Waals surface area contributed by atoms with Gasteiger partial charge in [0.1, 0.15) is 0 Å². The number of nitrogens with one attached hydrogen (secondary N) is 3. The van der Waals surface area contributed by atoms with Crippen LogP contribution in [0.1, 0.15) is 87.0 Å². The molecule has 4 bridgehead atoms. The number of hydrogen-bond donors (Lipinski definition) is 4. The van der Waals surface area contributed by atoms with E-state index in [4.69, 9.17) is 9.47 Å². The van der Waals surface area contributed by atoms with Crippen molar-refractivity contribution in [3.63, 3.8) is 0 Å². The van der Waals surface area contributed by atoms with Crippen LogP contribution in [-0.4, -0.2) is 34.4 Å². The van der Waals surface area contributed by atoms with E-state index < -0.39 is 6.29 Å². The zero-order valence-electron chi connectivity index (χ0n) is 31.1. The highest BCUT2D eigenvalue weighted by Gasteiger charge is 2.51. The lowest BCUT2D eigenvalue weighted by molar-refractivity contribution is -0.268. The number of anilines is 1. The van der Waals surface area contributed by atoms with Gasteiger partial charge in [0, 0.05) is 46.8 Å². The quantitative estimate of drug-likeness (QED) is 0.114. The number of rotatable bonds is 11. The summed E-state index contributed by atoms with van der Waals surface area (Å²) in [5, 5.41) is 19.0. The minimum Gasteiger partial charge on any atom is -0.392 e. The van der Waals surface area contributed by atoms with Gasteiger partial charge in [-0.3, -0.25) is 4.79 Å². The number of amides is 3. The molecule has 9 rings (SSSR count). The van der Waals surface area contributed by atoms with Gasteiger partial charge in [0.05, 0.1) is 18.8 Å². The minimum absolute atomic E-state index is 0.00246. The molecule has 4 aliphatic carbocycles. The molecule has 1 heterocycles. The molecule has 0 spiro atoms. The lowest BCUT2D eigenvalue weighted by Crippen LogP contribution is -2.61. The van der Waals surface area contributed by atoms with Gasteiger partial charge in [-0.1, -0.05) is 73.7 Å². The molecule has 4 aromatic carbocycles. The molecule has 1 saturated heterocycles. The molecule has 1 aliphatic heterocycles. The summed E-state index contributed by atoms with van der Waals surface area (Å²) < 4.78 is 13.4. The molecule has 3 amide bonds. The second kappa shape index (κ2) is 15.9. The average Bonchev–Trinajstić information content (AvgIpc) is 3.16. The maximum Gasteiger partial charge on any atom is 0.315 e. The van der Waals surface area contributed by atoms with Crippen LogP contribution in [-0.2, 0) is 27.4 Å². The molecule has 54 heavy (non-hydrogen) atoms. The van der Waals surface area contributed by atoms with E-state index in [0.717, 1.165) is 86.7 Å². The fourth-order valence-electron chi connectivity index (χ4n) is 9.75. The molecule has 0 radical (unpaired) electrons. The Morgan fingerprint density at radius 1 is 0.796 bits per heavy atom. The number of ether oxygens (including phenoxy) is 2. The molecule has 282 valence electrons. The van der Waals surface area contributed by atoms with Gasteiger partial charge in [-0.25, -0.2) is 4.79 Å². The zero-order chi connectivity index (χ0) is 37.2. The Bertz CT molecular complexity index is 1900. The van der Waals surface area contributed by atoms with Crippen LogP contribution in [0.15, 0.2) is 102 Å². The van der Waals surface area contributed by atoms with Gasteiger partial charge in [0.2, 0.25) is 5.91 Å². The number of thioether (sulfide) groups is 1. The third-order valence-corrected chi connectivity index (χ3v) is 13.1. The van der Waals surface area contributed by atoms with E-state index in [-0.39, 0.29) is 42.2 Å². The van der Waals surface area contributed by atoms with Crippen molar-refractivity contribution >= 4 is 29.4 Å². The fourth-order valence-corrected chi connectivity index (χ4v) is 10.8. The Labute approximate surface area is 322 Å². The first-order valence-electron chi connectivity index (χ1n) is 19.5. The molecule has 4 N–H and O–H groups in total. The summed E-state index contributed by atoms with van der Waals surface area (Å²) in [5.74, 6) is 3.07. The van der Waals surface area contributed by atoms with Crippen molar-refractivity contribution in [1.29, 1.82) is 0 Å². The largest absolute Gasteiger partial charge is 0.392 e. The van der Waals surface area contributed by atoms with Crippen molar-refractivity contribution in [2.75, 3.05) is 11.1 Å². The van der Waals surface area contributed by atoms with E-state index in [1.54, 1.807) is 11.8 Å². The maximum atomic E-state index is 13.1. The molecule has 5 aliphatic rings. The predicted molar refractivity (Wildman–Crippen MR) is 213 cm³/mol. The van der Waals surface area contributed by atoms with Crippen LogP contribution in [0.2, 0.25) is 0 Å². The Morgan fingerprint density at radius 2 is 1.46 bits per heavy atom. The van der Waals surface area contributed by atoms with Gasteiger partial charge in [-0.15, -0.1) is 11.8 Å². The number of carbonyl (C=O) groups excluding carboxylic acids is 2. The van der Waals surface area contributed by atoms with E-state index in [1.807, 2.05) is 54.6 Å². The van der Waals surface area contributed by atoms with Gasteiger partial charge < -0.3 is 30.5 Å². The maximum absolute atomic E-state index is 13.1. The predicted octanol–water partition coefficient (Wildman–Crippen LogP) is 9.16. The molecule has 4 saturated carbocycles. The summed E-state index contributed by atoms with van der Waals surface area (Å²) in [6, 6.07) is 32.5. The Balaban J connectivity index is 0.930. The van der Waals surface area contributed by atoms with Crippen molar-refractivity contribution in [2.24, 2.45) is 23.7 Å². The monoisotopic (exact) mass is 745 g/mol. The normalized spacial score (nSPS) is 28.4. The molecule has 5 fully saturated rings. The molecular weight excluding hydrogens is 695 g/mol. The van der Waals surface area contributed by atoms with Crippen molar-refractivity contribution in [2.45, 2.75) is 94.5 Å². The topological polar surface area (TPSA) is 109 Å². The van der Waals surface area contributed by atoms with Gasteiger partial charge in [-0.2, -0.15) is 0 Å². The van der Waals surface area contributed by atoms with Crippen LogP contribution < -0.4 is 16.0 Å². The summed E-state index contributed by atoms with van der Waals surface area (Å²) in [6.07, 6.45) is 6.63. The second-order valence-electron chi connectivity index (χ2n) is 16.2. The number of aliphatic hydroxyl groups excluding tert-OH is 1. The zero-order valence-corrected chi connectivity index (χ0v) is 31.9. The van der Waals surface area contributed by atoms with Crippen molar-refractivity contribution in [1.82, 2.24) is 10.6 Å². The summed E-state index contributed by atoms with van der Waals surface area (Å²) in [5.41, 5.74) is 6.85. The highest BCUT2D eigenvalue weighted by Crippen LogP contribution is 2.55. The minimum atomic E-state index is -0.562. The van der Waals surface area contributed by atoms with Crippen LogP contribution in [0.25, 0.3) is 11.1 Å². The summed E-state index contributed by atoms with van der Waals surface area (Å²) in [6.45, 7) is 4.15. The SMILES string of the molecule is CC(=O)Nc1ccc(SC[C@@H]2O[C@H](c3ccc(-c4cccc(CNC(=O)NC56CC7CC(CC(C7)C5)C6)c4)cc3)O[C@H](c3ccc(CO)cc3)[C@@H]2C)cc1. The number of carbonyl (C=O) groups is 2. The number of urea groups is 1. The van der Waals surface area contributed by atoms with E-state index in [9.17, 15) is 14.7 Å². The third-order valence-electron chi connectivity index (χ3n) is 12.0. The molecule has 4 atom stereocenters. The Kier molecular flexibility index (Phi) is 10.8. The lowest BCUT2D eigenvalue weighted by atomic mass is 9.53. The molecular formula is C45H51N3O5S. The summed E-state index contributed by atoms with van der Waals surface area (Å²) in [7, 11) is 0. The number of aliphatic hydroxyl groups is 1. The first kappa shape index (κ1) is 36.8. The summed E-state index contributed by atoms with van der Waals surface area (Å²) in [4.78, 5) is 25.7. The average molecular weight is 746 g/mol. The van der Waals surface area contributed by atoms with Crippen LogP contribution in [0.5, 0.6) is 0 Å². The van der Waals surface area contributed by atoms with Crippen LogP contribution in [0, 0.1) is 23.7 Å². The summed E-state index contributed by atoms with van der Waals surface area (Å²) >= 11 is 1.72. The highest BCUT2D eigenvalue weighted by atomic mass is 32.2. The van der Waals surface area contributed by atoms with E-state index in [2.05, 4.69) is 65.3 Å². The van der Waals surface area contributed by atoms with Gasteiger partial charge >= 0.3 is 6.03 Å². The van der Waals surface area contributed by atoms with Crippen molar-refractivity contribution in [3.8, 4) is 11.1 Å². The Hall–Kier alpha value is -4.15. The molecule has 4 aromatic rings. The van der Waals surface area contributed by atoms with Crippen molar-refractivity contribution in [3.05, 3.63) is 119 Å². The smallest absolute Gasteiger partial charge is 0.315 e. The molecule has 9 heteroatoms. The first-order valence-corrected chi connectivity index (χ1v) is 20.5. The van der Waals surface area contributed by atoms with Crippen LogP contribution >= 0.6 is 11.8 Å². The standard InChI is InChI=1S/C45H51N3O5S/c1-28-41(27-54-40-16-14-39(15-17-40)47-29(2)50)52-43(53-42(28)36-8-6-30(26-49)7-9-36)37-12-10-35(11-13-37)38-5-3-4-31(21-38)25-46-44(51)48-45-22-32-18-33(23-45)20-34(19-32)24-45/h3-17,21,28,32-34,41-43,49H,18-20,22-27H2,1-2H3,(H,47,50)(H2,46,48,51)/t28-,32?,33?,34?,41+,42+,43+,45?/m1/s1. The lowest BCUT2D eigenvalue weighted by Gasteiger charge is -2.56. The van der Waals surface area contributed by atoms with Gasteiger partial charge in [-0.05, 0) is 114 Å². The number of hydrogen-bond acceptors (Lipinski definition) is 6. The van der Waals surface area contributed by atoms with Gasteiger partial charge in [0.25, 0.3) is 0 Å². The van der Waals surface area contributed by atoms with E-state index >= 15 is 0 Å². The van der Waals surface area contributed by atoms with Crippen LogP contribution in [0.4, 0.5) is 10.5 Å². The van der Waals surface area contributed by atoms with E-state index in [0.29, 0.717) is 6.54 Å². The van der Waals surface area contributed by atoms with Gasteiger partial charge in [0.15, 0.2) is 6.29 Å². The third kappa shape index (κ3) is 8.40. The van der Waals surface area contributed by atoms with Crippen LogP contribution in [0.3, 0.4) is 0 Å². The molecule has 0 unspecified atom stereocenters. The second-order valence-corrected chi connectivity index (χ2v) is 17.3. The highest BCUT2D eigenvalue weighted by molar-refractivity contribution is 7.99. The fraction of sp³-hybridized carbons (Fsp3) is 0.422. The van der Waals surface area contributed by atoms with Crippen molar-refractivity contribution < 1.29 is 24.2 Å². The van der Waals surface area contributed by atoms with E-state index in [1.165, 1.54) is 26.2 Å². The molecule has 8 nitrogen and oxygen atoms in total. The molecule has 0 aromatic heterocycles. The number of benzene rings is 4.